The van der Waals surface area contributed by atoms with Crippen molar-refractivity contribution in [2.24, 2.45) is 5.92 Å². The minimum absolute atomic E-state index is 0.00916. The van der Waals surface area contributed by atoms with E-state index in [2.05, 4.69) is 4.98 Å². The Balaban J connectivity index is 1.56. The Kier molecular flexibility index (Phi) is 3.92. The number of fused-ring (bicyclic) bond motifs is 1. The molecule has 0 radical (unpaired) electrons. The molecule has 0 spiro atoms. The van der Waals surface area contributed by atoms with Gasteiger partial charge in [0, 0.05) is 31.8 Å². The molecule has 1 aromatic heterocycles. The van der Waals surface area contributed by atoms with E-state index in [0.717, 1.165) is 30.5 Å². The number of aromatic nitrogens is 2. The number of hydrogen-bond donors (Lipinski definition) is 1. The van der Waals surface area contributed by atoms with Crippen LogP contribution in [0.1, 0.15) is 36.5 Å². The number of carbonyl (C=O) groups excluding carboxylic acids is 1. The van der Waals surface area contributed by atoms with Gasteiger partial charge in [0.1, 0.15) is 0 Å². The van der Waals surface area contributed by atoms with E-state index >= 15 is 0 Å². The highest BCUT2D eigenvalue weighted by Gasteiger charge is 2.28. The van der Waals surface area contributed by atoms with Gasteiger partial charge >= 0.3 is 5.69 Å². The van der Waals surface area contributed by atoms with Crippen molar-refractivity contribution in [3.63, 3.8) is 0 Å². The highest BCUT2D eigenvalue weighted by Crippen LogP contribution is 2.31. The van der Waals surface area contributed by atoms with Gasteiger partial charge in [-0.2, -0.15) is 0 Å². The van der Waals surface area contributed by atoms with Gasteiger partial charge in [0.15, 0.2) is 0 Å². The normalized spacial score (nSPS) is 20.9. The second kappa shape index (κ2) is 6.09. The van der Waals surface area contributed by atoms with Gasteiger partial charge < -0.3 is 14.6 Å². The molecule has 0 unspecified atom stereocenters. The summed E-state index contributed by atoms with van der Waals surface area (Å²) in [4.78, 5) is 29.6. The topological polar surface area (TPSA) is 67.3 Å². The summed E-state index contributed by atoms with van der Waals surface area (Å²) >= 11 is 0. The van der Waals surface area contributed by atoms with Crippen LogP contribution in [0.3, 0.4) is 0 Å². The number of imidazole rings is 1. The SMILES string of the molecule is CCO[C@H]1CCN(C(=O)c2ccc3c(c2)[nH]c(=O)n3CC2CC2)C1. The summed E-state index contributed by atoms with van der Waals surface area (Å²) in [5.74, 6) is 0.637. The standard InChI is InChI=1S/C18H23N3O3/c1-2-24-14-7-8-20(11-14)17(22)13-5-6-16-15(9-13)19-18(23)21(16)10-12-3-4-12/h5-6,9,12,14H,2-4,7-8,10-11H2,1H3,(H,19,23)/t14-/m0/s1. The fraction of sp³-hybridized carbons (Fsp3) is 0.556. The Bertz CT molecular complexity index is 819. The highest BCUT2D eigenvalue weighted by atomic mass is 16.5. The number of hydrogen-bond acceptors (Lipinski definition) is 3. The average Bonchev–Trinajstić information content (AvgIpc) is 3.19. The van der Waals surface area contributed by atoms with E-state index in [1.54, 1.807) is 10.6 Å². The number of likely N-dealkylation sites (tertiary alicyclic amines) is 1. The van der Waals surface area contributed by atoms with Crippen LogP contribution in [0.15, 0.2) is 23.0 Å². The molecule has 0 bridgehead atoms. The zero-order valence-corrected chi connectivity index (χ0v) is 14.0. The minimum atomic E-state index is -0.0842. The van der Waals surface area contributed by atoms with Gasteiger partial charge in [-0.25, -0.2) is 4.79 Å². The summed E-state index contributed by atoms with van der Waals surface area (Å²) in [5.41, 5.74) is 2.17. The number of ether oxygens (including phenoxy) is 1. The van der Waals surface area contributed by atoms with Gasteiger partial charge in [0.05, 0.1) is 17.1 Å². The molecule has 1 aliphatic carbocycles. The number of carbonyl (C=O) groups is 1. The lowest BCUT2D eigenvalue weighted by molar-refractivity contribution is 0.0598. The molecule has 1 amide bonds. The maximum Gasteiger partial charge on any atom is 0.326 e. The van der Waals surface area contributed by atoms with Crippen LogP contribution in [-0.2, 0) is 11.3 Å². The van der Waals surface area contributed by atoms with E-state index in [-0.39, 0.29) is 17.7 Å². The second-order valence-corrected chi connectivity index (χ2v) is 6.83. The molecule has 6 heteroatoms. The fourth-order valence-electron chi connectivity index (χ4n) is 3.50. The van der Waals surface area contributed by atoms with E-state index < -0.39 is 0 Å². The van der Waals surface area contributed by atoms with Crippen LogP contribution in [-0.4, -0.2) is 46.2 Å². The summed E-state index contributed by atoms with van der Waals surface area (Å²) in [6.07, 6.45) is 3.43. The molecule has 128 valence electrons. The van der Waals surface area contributed by atoms with Gasteiger partial charge in [0.2, 0.25) is 0 Å². The number of benzene rings is 1. The van der Waals surface area contributed by atoms with E-state index in [1.165, 1.54) is 12.8 Å². The summed E-state index contributed by atoms with van der Waals surface area (Å²) in [7, 11) is 0. The van der Waals surface area contributed by atoms with Crippen LogP contribution >= 0.6 is 0 Å². The predicted octanol–water partition coefficient (Wildman–Crippen LogP) is 1.99. The zero-order valence-electron chi connectivity index (χ0n) is 14.0. The van der Waals surface area contributed by atoms with Crippen LogP contribution in [0, 0.1) is 5.92 Å². The van der Waals surface area contributed by atoms with Gasteiger partial charge in [-0.3, -0.25) is 9.36 Å². The lowest BCUT2D eigenvalue weighted by Crippen LogP contribution is -2.30. The van der Waals surface area contributed by atoms with Crippen molar-refractivity contribution in [1.29, 1.82) is 0 Å². The molecule has 4 rings (SSSR count). The lowest BCUT2D eigenvalue weighted by atomic mass is 10.1. The van der Waals surface area contributed by atoms with E-state index in [0.29, 0.717) is 24.6 Å². The van der Waals surface area contributed by atoms with Gasteiger partial charge in [0.25, 0.3) is 5.91 Å². The molecule has 1 aliphatic heterocycles. The molecule has 1 N–H and O–H groups in total. The van der Waals surface area contributed by atoms with E-state index in [1.807, 2.05) is 24.0 Å². The van der Waals surface area contributed by atoms with Crippen molar-refractivity contribution in [1.82, 2.24) is 14.5 Å². The second-order valence-electron chi connectivity index (χ2n) is 6.83. The molecule has 2 aliphatic rings. The maximum absolute atomic E-state index is 12.7. The fourth-order valence-corrected chi connectivity index (χ4v) is 3.50. The average molecular weight is 329 g/mol. The number of nitrogens with zero attached hydrogens (tertiary/aromatic N) is 2. The third-order valence-electron chi connectivity index (χ3n) is 4.99. The molecule has 24 heavy (non-hydrogen) atoms. The largest absolute Gasteiger partial charge is 0.377 e. The number of rotatable bonds is 5. The number of aromatic amines is 1. The van der Waals surface area contributed by atoms with Crippen LogP contribution in [0.5, 0.6) is 0 Å². The maximum atomic E-state index is 12.7. The first kappa shape index (κ1) is 15.4. The van der Waals surface area contributed by atoms with Crippen LogP contribution < -0.4 is 5.69 Å². The molecule has 1 saturated carbocycles. The third kappa shape index (κ3) is 2.86. The minimum Gasteiger partial charge on any atom is -0.377 e. The Labute approximate surface area is 140 Å². The van der Waals surface area contributed by atoms with E-state index in [9.17, 15) is 9.59 Å². The Morgan fingerprint density at radius 3 is 2.92 bits per heavy atom. The first-order chi connectivity index (χ1) is 11.7. The molecule has 2 aromatic rings. The van der Waals surface area contributed by atoms with Crippen LogP contribution in [0.25, 0.3) is 11.0 Å². The van der Waals surface area contributed by atoms with Crippen molar-refractivity contribution in [2.45, 2.75) is 38.8 Å². The van der Waals surface area contributed by atoms with Crippen molar-refractivity contribution >= 4 is 16.9 Å². The summed E-state index contributed by atoms with van der Waals surface area (Å²) in [5, 5.41) is 0. The molecule has 6 nitrogen and oxygen atoms in total. The van der Waals surface area contributed by atoms with E-state index in [4.69, 9.17) is 4.74 Å². The van der Waals surface area contributed by atoms with Crippen LogP contribution in [0.4, 0.5) is 0 Å². The van der Waals surface area contributed by atoms with Crippen molar-refractivity contribution in [2.75, 3.05) is 19.7 Å². The summed E-state index contributed by atoms with van der Waals surface area (Å²) in [6, 6.07) is 5.52. The number of nitrogens with one attached hydrogen (secondary N) is 1. The van der Waals surface area contributed by atoms with Crippen LogP contribution in [0.2, 0.25) is 0 Å². The molecule has 1 saturated heterocycles. The van der Waals surface area contributed by atoms with Crippen molar-refractivity contribution in [3.8, 4) is 0 Å². The molecular weight excluding hydrogens is 306 g/mol. The monoisotopic (exact) mass is 329 g/mol. The highest BCUT2D eigenvalue weighted by molar-refractivity contribution is 5.97. The third-order valence-corrected chi connectivity index (χ3v) is 4.99. The molecule has 2 heterocycles. The summed E-state index contributed by atoms with van der Waals surface area (Å²) in [6.45, 7) is 4.79. The Morgan fingerprint density at radius 2 is 2.17 bits per heavy atom. The summed E-state index contributed by atoms with van der Waals surface area (Å²) < 4.78 is 7.40. The van der Waals surface area contributed by atoms with Gasteiger partial charge in [-0.15, -0.1) is 0 Å². The predicted molar refractivity (Wildman–Crippen MR) is 91.2 cm³/mol. The number of amides is 1. The first-order valence-corrected chi connectivity index (χ1v) is 8.79. The van der Waals surface area contributed by atoms with Crippen molar-refractivity contribution in [3.05, 3.63) is 34.2 Å². The lowest BCUT2D eigenvalue weighted by Gasteiger charge is -2.16. The Hall–Kier alpha value is -2.08. The zero-order chi connectivity index (χ0) is 16.7. The Morgan fingerprint density at radius 1 is 1.33 bits per heavy atom. The number of H-pyrrole nitrogens is 1. The molecule has 1 aromatic carbocycles. The first-order valence-electron chi connectivity index (χ1n) is 8.79. The molecule has 2 fully saturated rings. The smallest absolute Gasteiger partial charge is 0.326 e. The molecular formula is C18H23N3O3. The van der Waals surface area contributed by atoms with Crippen molar-refractivity contribution < 1.29 is 9.53 Å². The van der Waals surface area contributed by atoms with Gasteiger partial charge in [-0.1, -0.05) is 0 Å². The quantitative estimate of drug-likeness (QED) is 0.912. The van der Waals surface area contributed by atoms with Gasteiger partial charge in [-0.05, 0) is 50.3 Å². The molecule has 1 atom stereocenters.